The first-order valence-electron chi connectivity index (χ1n) is 10.8. The molecule has 0 spiro atoms. The third-order valence-corrected chi connectivity index (χ3v) is 5.98. The summed E-state index contributed by atoms with van der Waals surface area (Å²) in [6, 6.07) is 9.05. The molecule has 5 N–H and O–H groups in total. The normalized spacial score (nSPS) is 15.3. The van der Waals surface area contributed by atoms with Crippen molar-refractivity contribution in [2.75, 3.05) is 17.7 Å². The standard InChI is InChI=1S/C24H22ClN7O3/c1-2-19(33)31-12-4-3-5-17(31)23-30-20(21(22(26)34)32(23)27)14-6-8-15(9-7-14)24(35)29-18-13-16(25)10-11-28-18/h1,6-11,13,17H,3-5,12,27H2,(H2,26,34)(H,28,29,35). The first-order chi connectivity index (χ1) is 16.8. The highest BCUT2D eigenvalue weighted by Gasteiger charge is 2.33. The quantitative estimate of drug-likeness (QED) is 0.368. The molecule has 1 aromatic carbocycles. The average Bonchev–Trinajstić information content (AvgIpc) is 3.20. The van der Waals surface area contributed by atoms with Crippen molar-refractivity contribution < 1.29 is 14.4 Å². The topological polar surface area (TPSA) is 149 Å². The maximum absolute atomic E-state index is 12.6. The smallest absolute Gasteiger partial charge is 0.298 e. The lowest BCUT2D eigenvalue weighted by Gasteiger charge is -2.33. The number of aromatic nitrogens is 3. The first-order valence-corrected chi connectivity index (χ1v) is 11.2. The summed E-state index contributed by atoms with van der Waals surface area (Å²) in [7, 11) is 0. The largest absolute Gasteiger partial charge is 0.364 e. The molecule has 1 aliphatic rings. The molecule has 1 aliphatic heterocycles. The van der Waals surface area contributed by atoms with E-state index < -0.39 is 23.8 Å². The summed E-state index contributed by atoms with van der Waals surface area (Å²) >= 11 is 5.93. The fourth-order valence-corrected chi connectivity index (χ4v) is 4.25. The average molecular weight is 492 g/mol. The molecule has 1 saturated heterocycles. The summed E-state index contributed by atoms with van der Waals surface area (Å²) in [4.78, 5) is 47.3. The minimum atomic E-state index is -0.777. The Kier molecular flexibility index (Phi) is 6.71. The number of pyridine rings is 1. The molecule has 4 rings (SSSR count). The summed E-state index contributed by atoms with van der Waals surface area (Å²) < 4.78 is 1.12. The molecule has 0 aliphatic carbocycles. The van der Waals surface area contributed by atoms with Crippen molar-refractivity contribution in [1.82, 2.24) is 19.5 Å². The molecule has 1 atom stereocenters. The lowest BCUT2D eigenvalue weighted by Crippen LogP contribution is -2.40. The fourth-order valence-electron chi connectivity index (χ4n) is 4.09. The molecular formula is C24H22ClN7O3. The molecule has 0 saturated carbocycles. The zero-order chi connectivity index (χ0) is 25.1. The monoisotopic (exact) mass is 491 g/mol. The number of carbonyl (C=O) groups is 3. The molecule has 0 bridgehead atoms. The Labute approximate surface area is 206 Å². The molecule has 1 fully saturated rings. The van der Waals surface area contributed by atoms with Gasteiger partial charge >= 0.3 is 0 Å². The summed E-state index contributed by atoms with van der Waals surface area (Å²) in [5, 5.41) is 3.11. The number of nitrogens with two attached hydrogens (primary N) is 2. The molecule has 178 valence electrons. The van der Waals surface area contributed by atoms with Gasteiger partial charge < -0.3 is 21.8 Å². The second kappa shape index (κ2) is 9.87. The van der Waals surface area contributed by atoms with Crippen LogP contribution in [0.15, 0.2) is 42.6 Å². The molecule has 3 amide bonds. The second-order valence-electron chi connectivity index (χ2n) is 7.95. The van der Waals surface area contributed by atoms with Gasteiger partial charge in [-0.15, -0.1) is 6.42 Å². The minimum Gasteiger partial charge on any atom is -0.364 e. The molecular weight excluding hydrogens is 470 g/mol. The van der Waals surface area contributed by atoms with Crippen LogP contribution in [0.1, 0.15) is 52.0 Å². The van der Waals surface area contributed by atoms with Crippen molar-refractivity contribution >= 4 is 35.1 Å². The number of hydrogen-bond donors (Lipinski definition) is 3. The van der Waals surface area contributed by atoms with Crippen LogP contribution in [0, 0.1) is 12.3 Å². The van der Waals surface area contributed by atoms with Crippen molar-refractivity contribution in [3.63, 3.8) is 0 Å². The van der Waals surface area contributed by atoms with Gasteiger partial charge in [-0.25, -0.2) is 14.6 Å². The molecule has 0 radical (unpaired) electrons. The van der Waals surface area contributed by atoms with Gasteiger partial charge in [0.15, 0.2) is 11.5 Å². The number of nitrogens with zero attached hydrogens (tertiary/aromatic N) is 4. The predicted molar refractivity (Wildman–Crippen MR) is 131 cm³/mol. The zero-order valence-corrected chi connectivity index (χ0v) is 19.3. The number of imidazole rings is 1. The maximum atomic E-state index is 12.6. The van der Waals surface area contributed by atoms with Crippen LogP contribution in [0.4, 0.5) is 5.82 Å². The Morgan fingerprint density at radius 3 is 2.57 bits per heavy atom. The highest BCUT2D eigenvalue weighted by Crippen LogP contribution is 2.33. The van der Waals surface area contributed by atoms with E-state index in [1.807, 2.05) is 0 Å². The van der Waals surface area contributed by atoms with E-state index in [1.165, 1.54) is 17.2 Å². The van der Waals surface area contributed by atoms with E-state index in [4.69, 9.17) is 29.6 Å². The number of amides is 3. The van der Waals surface area contributed by atoms with E-state index in [0.29, 0.717) is 40.8 Å². The highest BCUT2D eigenvalue weighted by atomic mass is 35.5. The third-order valence-electron chi connectivity index (χ3n) is 5.74. The third kappa shape index (κ3) is 4.81. The molecule has 1 unspecified atom stereocenters. The Morgan fingerprint density at radius 2 is 1.91 bits per heavy atom. The molecule has 2 aromatic heterocycles. The Hall–Kier alpha value is -4.36. The second-order valence-corrected chi connectivity index (χ2v) is 8.38. The van der Waals surface area contributed by atoms with Crippen LogP contribution in [0.2, 0.25) is 5.02 Å². The summed E-state index contributed by atoms with van der Waals surface area (Å²) in [6.07, 6.45) is 9.06. The van der Waals surface area contributed by atoms with Gasteiger partial charge in [0, 0.05) is 28.9 Å². The Morgan fingerprint density at radius 1 is 1.17 bits per heavy atom. The van der Waals surface area contributed by atoms with E-state index in [2.05, 4.69) is 21.2 Å². The van der Waals surface area contributed by atoms with Crippen molar-refractivity contribution in [3.05, 3.63) is 64.7 Å². The predicted octanol–water partition coefficient (Wildman–Crippen LogP) is 2.35. The van der Waals surface area contributed by atoms with Crippen LogP contribution < -0.4 is 16.9 Å². The number of anilines is 1. The van der Waals surface area contributed by atoms with E-state index >= 15 is 0 Å². The van der Waals surface area contributed by atoms with Crippen LogP contribution in [-0.2, 0) is 4.79 Å². The number of halogens is 1. The van der Waals surface area contributed by atoms with Crippen molar-refractivity contribution in [2.24, 2.45) is 5.73 Å². The SMILES string of the molecule is C#CC(=O)N1CCCCC1c1nc(-c2ccc(C(=O)Nc3cc(Cl)ccn3)cc2)c(C(N)=O)n1N. The maximum Gasteiger partial charge on any atom is 0.298 e. The number of terminal acetylenes is 1. The number of nitrogen functional groups attached to an aromatic ring is 1. The van der Waals surface area contributed by atoms with Crippen molar-refractivity contribution in [3.8, 4) is 23.6 Å². The van der Waals surface area contributed by atoms with Gasteiger partial charge in [0.1, 0.15) is 11.5 Å². The van der Waals surface area contributed by atoms with E-state index in [1.54, 1.807) is 30.3 Å². The van der Waals surface area contributed by atoms with E-state index in [0.717, 1.165) is 17.5 Å². The lowest BCUT2D eigenvalue weighted by molar-refractivity contribution is -0.129. The van der Waals surface area contributed by atoms with Gasteiger partial charge in [-0.1, -0.05) is 23.7 Å². The summed E-state index contributed by atoms with van der Waals surface area (Å²) in [6.45, 7) is 0.465. The van der Waals surface area contributed by atoms with Gasteiger partial charge in [0.05, 0.1) is 6.04 Å². The van der Waals surface area contributed by atoms with Gasteiger partial charge in [-0.3, -0.25) is 14.4 Å². The number of hydrogen-bond acceptors (Lipinski definition) is 6. The fraction of sp³-hybridized carbons (Fsp3) is 0.208. The number of piperidine rings is 1. The number of rotatable bonds is 5. The Bertz CT molecular complexity index is 1340. The van der Waals surface area contributed by atoms with Crippen molar-refractivity contribution in [2.45, 2.75) is 25.3 Å². The minimum absolute atomic E-state index is 0.0148. The highest BCUT2D eigenvalue weighted by molar-refractivity contribution is 6.30. The van der Waals surface area contributed by atoms with E-state index in [9.17, 15) is 14.4 Å². The van der Waals surface area contributed by atoms with E-state index in [-0.39, 0.29) is 11.4 Å². The zero-order valence-electron chi connectivity index (χ0n) is 18.6. The number of primary amides is 1. The van der Waals surface area contributed by atoms with Crippen LogP contribution >= 0.6 is 11.6 Å². The van der Waals surface area contributed by atoms with Crippen LogP contribution in [0.25, 0.3) is 11.3 Å². The van der Waals surface area contributed by atoms with Crippen LogP contribution in [0.3, 0.4) is 0 Å². The summed E-state index contributed by atoms with van der Waals surface area (Å²) in [5.41, 5.74) is 6.72. The number of benzene rings is 1. The van der Waals surface area contributed by atoms with Gasteiger partial charge in [0.25, 0.3) is 17.7 Å². The molecule has 11 heteroatoms. The first kappa shape index (κ1) is 23.8. The summed E-state index contributed by atoms with van der Waals surface area (Å²) in [5.74, 6) is 7.36. The van der Waals surface area contributed by atoms with Gasteiger partial charge in [0.2, 0.25) is 0 Å². The molecule has 35 heavy (non-hydrogen) atoms. The van der Waals surface area contributed by atoms with Gasteiger partial charge in [-0.2, -0.15) is 0 Å². The van der Waals surface area contributed by atoms with Crippen LogP contribution in [-0.4, -0.2) is 43.8 Å². The lowest BCUT2D eigenvalue weighted by atomic mass is 10.0. The number of likely N-dealkylation sites (tertiary alicyclic amines) is 1. The Balaban J connectivity index is 1.65. The molecule has 10 nitrogen and oxygen atoms in total. The molecule has 3 aromatic rings. The van der Waals surface area contributed by atoms with Gasteiger partial charge in [-0.05, 0) is 49.4 Å². The number of nitrogens with one attached hydrogen (secondary N) is 1. The van der Waals surface area contributed by atoms with Crippen LogP contribution in [0.5, 0.6) is 0 Å². The van der Waals surface area contributed by atoms with Crippen molar-refractivity contribution in [1.29, 1.82) is 0 Å². The molecule has 3 heterocycles. The number of carbonyl (C=O) groups excluding carboxylic acids is 3.